The van der Waals surface area contributed by atoms with Gasteiger partial charge in [-0.15, -0.1) is 0 Å². The van der Waals surface area contributed by atoms with Crippen LogP contribution in [0.1, 0.15) is 39.0 Å². The van der Waals surface area contributed by atoms with E-state index in [1.807, 2.05) is 13.0 Å². The maximum atomic E-state index is 11.5. The van der Waals surface area contributed by atoms with Crippen molar-refractivity contribution >= 4 is 11.9 Å². The van der Waals surface area contributed by atoms with Crippen LogP contribution in [0.15, 0.2) is 12.2 Å². The number of hydrogen-bond donors (Lipinski definition) is 0. The third kappa shape index (κ3) is 11.9. The fourth-order valence-electron chi connectivity index (χ4n) is 1.28. The Labute approximate surface area is 125 Å². The molecule has 0 saturated carbocycles. The van der Waals surface area contributed by atoms with Crippen LogP contribution in [0.2, 0.25) is 0 Å². The van der Waals surface area contributed by atoms with E-state index < -0.39 is 5.97 Å². The van der Waals surface area contributed by atoms with E-state index in [1.54, 1.807) is 7.05 Å². The predicted molar refractivity (Wildman–Crippen MR) is 60.5 cm³/mol. The Morgan fingerprint density at radius 1 is 1.24 bits per heavy atom. The Balaban J connectivity index is 0. The zero-order chi connectivity index (χ0) is 12.4. The van der Waals surface area contributed by atoms with E-state index >= 15 is 0 Å². The van der Waals surface area contributed by atoms with Gasteiger partial charge in [-0.2, -0.15) is 0 Å². The van der Waals surface area contributed by atoms with Crippen molar-refractivity contribution in [1.29, 1.82) is 0 Å². The first-order chi connectivity index (χ1) is 7.57. The molecule has 0 saturated heterocycles. The Kier molecular flexibility index (Phi) is 13.6. The average molecular weight is 249 g/mol. The monoisotopic (exact) mass is 249 g/mol. The van der Waals surface area contributed by atoms with Crippen molar-refractivity contribution < 1.29 is 44.3 Å². The van der Waals surface area contributed by atoms with Crippen molar-refractivity contribution in [2.75, 3.05) is 13.6 Å². The van der Waals surface area contributed by atoms with Gasteiger partial charge in [-0.25, -0.2) is 0 Å². The molecule has 0 aromatic carbocycles. The summed E-state index contributed by atoms with van der Waals surface area (Å²) in [7, 11) is 1.62. The maximum Gasteiger partial charge on any atom is 1.00 e. The van der Waals surface area contributed by atoms with Gasteiger partial charge in [0.25, 0.3) is 0 Å². The van der Waals surface area contributed by atoms with Crippen LogP contribution in [0.5, 0.6) is 0 Å². The molecule has 0 atom stereocenters. The van der Waals surface area contributed by atoms with Gasteiger partial charge in [0, 0.05) is 32.4 Å². The van der Waals surface area contributed by atoms with Gasteiger partial charge in [0.05, 0.1) is 0 Å². The van der Waals surface area contributed by atoms with Gasteiger partial charge in [-0.3, -0.25) is 4.79 Å². The van der Waals surface area contributed by atoms with E-state index in [1.165, 1.54) is 4.90 Å². The molecule has 0 unspecified atom stereocenters. The molecular weight excluding hydrogens is 229 g/mol. The molecule has 0 fully saturated rings. The van der Waals surface area contributed by atoms with Gasteiger partial charge in [-0.1, -0.05) is 12.2 Å². The summed E-state index contributed by atoms with van der Waals surface area (Å²) < 4.78 is 0. The van der Waals surface area contributed by atoms with Crippen LogP contribution in [-0.2, 0) is 9.59 Å². The molecule has 0 bridgehead atoms. The third-order valence-corrected chi connectivity index (χ3v) is 2.32. The van der Waals surface area contributed by atoms with Crippen molar-refractivity contribution in [1.82, 2.24) is 4.90 Å². The molecule has 0 aliphatic rings. The Bertz CT molecular complexity index is 254. The van der Waals surface area contributed by atoms with Crippen molar-refractivity contribution in [2.24, 2.45) is 0 Å². The molecule has 0 spiro atoms. The molecular formula is C12H20NNaO3. The van der Waals surface area contributed by atoms with Gasteiger partial charge >= 0.3 is 29.6 Å². The normalized spacial score (nSPS) is 10.0. The topological polar surface area (TPSA) is 60.4 Å². The fraction of sp³-hybridized carbons (Fsp3) is 0.667. The van der Waals surface area contributed by atoms with Crippen LogP contribution in [0.25, 0.3) is 0 Å². The molecule has 4 nitrogen and oxygen atoms in total. The van der Waals surface area contributed by atoms with Crippen molar-refractivity contribution in [2.45, 2.75) is 39.0 Å². The number of rotatable bonds is 8. The number of amides is 1. The van der Waals surface area contributed by atoms with Gasteiger partial charge < -0.3 is 14.8 Å². The summed E-state index contributed by atoms with van der Waals surface area (Å²) in [6, 6.07) is 0. The summed E-state index contributed by atoms with van der Waals surface area (Å²) in [4.78, 5) is 23.1. The Morgan fingerprint density at radius 3 is 2.41 bits per heavy atom. The van der Waals surface area contributed by atoms with Crippen LogP contribution in [0.3, 0.4) is 0 Å². The number of allylic oxidation sites excluding steroid dienone is 2. The van der Waals surface area contributed by atoms with E-state index in [0.29, 0.717) is 6.42 Å². The molecule has 1 amide bonds. The number of nitrogens with zero attached hydrogens (tertiary/aromatic N) is 1. The molecule has 0 aliphatic heterocycles. The smallest absolute Gasteiger partial charge is 0.550 e. The molecule has 5 heteroatoms. The van der Waals surface area contributed by atoms with E-state index in [2.05, 4.69) is 6.08 Å². The molecule has 0 aromatic rings. The van der Waals surface area contributed by atoms with Crippen LogP contribution in [0, 0.1) is 0 Å². The first-order valence-electron chi connectivity index (χ1n) is 5.63. The fourth-order valence-corrected chi connectivity index (χ4v) is 1.28. The van der Waals surface area contributed by atoms with Crippen LogP contribution in [0.4, 0.5) is 0 Å². The van der Waals surface area contributed by atoms with Crippen molar-refractivity contribution in [3.05, 3.63) is 12.2 Å². The Hall–Kier alpha value is -0.320. The number of hydrogen-bond acceptors (Lipinski definition) is 3. The van der Waals surface area contributed by atoms with E-state index in [-0.39, 0.29) is 48.4 Å². The van der Waals surface area contributed by atoms with Crippen LogP contribution >= 0.6 is 0 Å². The van der Waals surface area contributed by atoms with E-state index in [0.717, 1.165) is 19.3 Å². The summed E-state index contributed by atoms with van der Waals surface area (Å²) >= 11 is 0. The van der Waals surface area contributed by atoms with Crippen LogP contribution < -0.4 is 34.7 Å². The first kappa shape index (κ1) is 19.0. The summed E-state index contributed by atoms with van der Waals surface area (Å²) in [6.07, 6.45) is 7.29. The number of carbonyl (C=O) groups is 2. The summed E-state index contributed by atoms with van der Waals surface area (Å²) in [6.45, 7) is 2.20. The molecule has 0 N–H and O–H groups in total. The third-order valence-electron chi connectivity index (χ3n) is 2.32. The number of unbranched alkanes of at least 4 members (excludes halogenated alkanes) is 2. The minimum Gasteiger partial charge on any atom is -0.550 e. The summed E-state index contributed by atoms with van der Waals surface area (Å²) in [5, 5.41) is 10.2. The van der Waals surface area contributed by atoms with E-state index in [4.69, 9.17) is 0 Å². The second kappa shape index (κ2) is 12.1. The van der Waals surface area contributed by atoms with Crippen LogP contribution in [-0.4, -0.2) is 30.4 Å². The van der Waals surface area contributed by atoms with Gasteiger partial charge in [0.15, 0.2) is 0 Å². The minimum atomic E-state index is -1.12. The maximum absolute atomic E-state index is 11.5. The minimum absolute atomic E-state index is 0. The van der Waals surface area contributed by atoms with Gasteiger partial charge in [0.1, 0.15) is 0 Å². The molecule has 0 aliphatic carbocycles. The zero-order valence-corrected chi connectivity index (χ0v) is 13.1. The molecule has 0 aromatic heterocycles. The number of carboxylic acid groups (broad SMARTS) is 1. The molecule has 0 heterocycles. The summed E-state index contributed by atoms with van der Waals surface area (Å²) in [5.74, 6) is -1.12. The molecule has 0 rings (SSSR count). The average Bonchev–Trinajstić information content (AvgIpc) is 2.25. The number of carboxylic acids is 1. The molecule has 17 heavy (non-hydrogen) atoms. The SMILES string of the molecule is C/C=C/CCCCC(=O)N(C)CCC(=O)[O-].[Na+]. The molecule has 0 radical (unpaired) electrons. The van der Waals surface area contributed by atoms with Crippen molar-refractivity contribution in [3.8, 4) is 0 Å². The quantitative estimate of drug-likeness (QED) is 0.277. The molecule has 92 valence electrons. The number of carbonyl (C=O) groups excluding carboxylic acids is 2. The standard InChI is InChI=1S/C12H21NO3.Na/c1-3-4-5-6-7-8-11(14)13(2)10-9-12(15)16;/h3-4H,5-10H2,1-2H3,(H,15,16);/q;+1/p-1/b4-3+;. The number of aliphatic carboxylic acids is 1. The van der Waals surface area contributed by atoms with Gasteiger partial charge in [-0.05, 0) is 26.2 Å². The zero-order valence-electron chi connectivity index (χ0n) is 11.1. The predicted octanol–water partition coefficient (Wildman–Crippen LogP) is -2.27. The Morgan fingerprint density at radius 2 is 1.88 bits per heavy atom. The first-order valence-corrected chi connectivity index (χ1v) is 5.63. The van der Waals surface area contributed by atoms with Crippen molar-refractivity contribution in [3.63, 3.8) is 0 Å². The van der Waals surface area contributed by atoms with E-state index in [9.17, 15) is 14.7 Å². The summed E-state index contributed by atoms with van der Waals surface area (Å²) in [5.41, 5.74) is 0. The second-order valence-corrected chi connectivity index (χ2v) is 3.75. The van der Waals surface area contributed by atoms with Gasteiger partial charge in [0.2, 0.25) is 5.91 Å². The second-order valence-electron chi connectivity index (χ2n) is 3.75. The largest absolute Gasteiger partial charge is 1.00 e.